The summed E-state index contributed by atoms with van der Waals surface area (Å²) >= 11 is 0.720. The lowest BCUT2D eigenvalue weighted by molar-refractivity contribution is 0.303. The maximum absolute atomic E-state index is 12.3. The highest BCUT2D eigenvalue weighted by atomic mass is 32.3. The molecule has 0 radical (unpaired) electrons. The second-order valence-corrected chi connectivity index (χ2v) is 9.99. The lowest BCUT2D eigenvalue weighted by atomic mass is 9.99. The average molecular weight is 371 g/mol. The number of allylic oxidation sites excluding steroid dienone is 2. The van der Waals surface area contributed by atoms with Crippen molar-refractivity contribution in [2.24, 2.45) is 5.14 Å². The third-order valence-electron chi connectivity index (χ3n) is 3.44. The van der Waals surface area contributed by atoms with E-state index in [-0.39, 0.29) is 9.81 Å². The number of hydrogen-bond donors (Lipinski definition) is 1. The van der Waals surface area contributed by atoms with Gasteiger partial charge in [-0.15, -0.1) is 0 Å². The fraction of sp³-hybridized carbons (Fsp3) is 0.143. The zero-order chi connectivity index (χ0) is 16.8. The maximum Gasteiger partial charge on any atom is 0.244 e. The van der Waals surface area contributed by atoms with E-state index in [1.807, 2.05) is 0 Å². The minimum Gasteiger partial charge on any atom is -0.496 e. The summed E-state index contributed by atoms with van der Waals surface area (Å²) in [6.07, 6.45) is 1.33. The molecule has 1 aromatic carbocycles. The van der Waals surface area contributed by atoms with Crippen LogP contribution in [-0.2, 0) is 24.6 Å². The fourth-order valence-electron chi connectivity index (χ4n) is 2.50. The summed E-state index contributed by atoms with van der Waals surface area (Å²) in [6, 6.07) is 8.66. The number of thioether (sulfide) groups is 1. The van der Waals surface area contributed by atoms with Gasteiger partial charge in [-0.1, -0.05) is 42.1 Å². The van der Waals surface area contributed by atoms with E-state index in [1.54, 1.807) is 30.3 Å². The van der Waals surface area contributed by atoms with Gasteiger partial charge in [0.25, 0.3) is 0 Å². The minimum absolute atomic E-state index is 0.162. The van der Waals surface area contributed by atoms with Crippen molar-refractivity contribution in [3.05, 3.63) is 62.9 Å². The number of sulfonamides is 1. The first-order valence-corrected chi connectivity index (χ1v) is 10.5. The van der Waals surface area contributed by atoms with Crippen molar-refractivity contribution in [1.29, 1.82) is 0 Å². The van der Waals surface area contributed by atoms with Crippen LogP contribution in [0.5, 0.6) is 0 Å². The number of nitrogens with two attached hydrogens (primary N) is 1. The van der Waals surface area contributed by atoms with Crippen LogP contribution >= 0.6 is 11.8 Å². The smallest absolute Gasteiger partial charge is 0.244 e. The predicted molar refractivity (Wildman–Crippen MR) is 89.9 cm³/mol. The van der Waals surface area contributed by atoms with Crippen molar-refractivity contribution >= 4 is 37.2 Å². The van der Waals surface area contributed by atoms with Gasteiger partial charge < -0.3 is 4.74 Å². The van der Waals surface area contributed by atoms with Crippen molar-refractivity contribution in [3.63, 3.8) is 0 Å². The van der Waals surface area contributed by atoms with Crippen molar-refractivity contribution in [1.82, 2.24) is 0 Å². The summed E-state index contributed by atoms with van der Waals surface area (Å²) in [4.78, 5) is 0. The molecule has 1 atom stereocenters. The Bertz CT molecular complexity index is 957. The highest BCUT2D eigenvalue weighted by Gasteiger charge is 2.45. The number of benzene rings is 1. The lowest BCUT2D eigenvalue weighted by Gasteiger charge is -2.19. The topological polar surface area (TPSA) is 104 Å². The first kappa shape index (κ1) is 16.3. The Kier molecular flexibility index (Phi) is 3.91. The van der Waals surface area contributed by atoms with E-state index in [4.69, 9.17) is 9.88 Å². The molecule has 0 saturated carbocycles. The highest BCUT2D eigenvalue weighted by Crippen LogP contribution is 2.53. The van der Waals surface area contributed by atoms with Crippen LogP contribution in [0.1, 0.15) is 5.56 Å². The summed E-state index contributed by atoms with van der Waals surface area (Å²) in [5, 5.41) is 6.34. The van der Waals surface area contributed by atoms with Gasteiger partial charge in [0, 0.05) is 16.6 Å². The lowest BCUT2D eigenvalue weighted by Crippen LogP contribution is -2.20. The molecule has 1 aromatic rings. The molecular weight excluding hydrogens is 358 g/mol. The zero-order valence-electron chi connectivity index (χ0n) is 12.0. The van der Waals surface area contributed by atoms with Crippen LogP contribution in [0, 0.1) is 0 Å². The van der Waals surface area contributed by atoms with Gasteiger partial charge in [0.05, 0.1) is 7.11 Å². The molecule has 0 saturated heterocycles. The van der Waals surface area contributed by atoms with Crippen molar-refractivity contribution in [3.8, 4) is 0 Å². The van der Waals surface area contributed by atoms with Gasteiger partial charge in [0.15, 0.2) is 9.84 Å². The molecule has 23 heavy (non-hydrogen) atoms. The number of rotatable bonds is 3. The molecule has 0 fully saturated rings. The standard InChI is InChI=1S/C14H13NO5S3/c1-20-10-7-8-22(16,17)13-12(10)11(9-5-3-2-4-6-9)14(21-13)23(15,18)19/h2-8,13H,1H3,(H2,15,18,19). The van der Waals surface area contributed by atoms with Crippen LogP contribution in [-0.4, -0.2) is 28.5 Å². The van der Waals surface area contributed by atoms with Gasteiger partial charge in [-0.05, 0) is 11.6 Å². The van der Waals surface area contributed by atoms with Crippen molar-refractivity contribution < 1.29 is 21.6 Å². The molecular formula is C14H13NO5S3. The molecule has 2 heterocycles. The summed E-state index contributed by atoms with van der Waals surface area (Å²) < 4.78 is 52.6. The van der Waals surface area contributed by atoms with Crippen LogP contribution < -0.4 is 5.14 Å². The number of sulfone groups is 1. The number of ether oxygens (including phenoxy) is 1. The van der Waals surface area contributed by atoms with E-state index in [1.165, 1.54) is 13.2 Å². The number of primary sulfonamides is 1. The summed E-state index contributed by atoms with van der Waals surface area (Å²) in [6.45, 7) is 0. The molecule has 122 valence electrons. The first-order valence-electron chi connectivity index (χ1n) is 6.45. The van der Waals surface area contributed by atoms with Crippen molar-refractivity contribution in [2.75, 3.05) is 7.11 Å². The number of methoxy groups -OCH3 is 1. The van der Waals surface area contributed by atoms with E-state index >= 15 is 0 Å². The second-order valence-electron chi connectivity index (χ2n) is 4.90. The Hall–Kier alpha value is -1.55. The molecule has 0 spiro atoms. The van der Waals surface area contributed by atoms with Crippen LogP contribution in [0.4, 0.5) is 0 Å². The van der Waals surface area contributed by atoms with Crippen LogP contribution in [0.25, 0.3) is 5.57 Å². The molecule has 1 unspecified atom stereocenters. The van der Waals surface area contributed by atoms with Crippen LogP contribution in [0.2, 0.25) is 0 Å². The van der Waals surface area contributed by atoms with Gasteiger partial charge in [0.2, 0.25) is 10.0 Å². The second kappa shape index (κ2) is 5.52. The molecule has 0 aliphatic carbocycles. The first-order chi connectivity index (χ1) is 10.8. The van der Waals surface area contributed by atoms with E-state index in [0.717, 1.165) is 17.2 Å². The highest BCUT2D eigenvalue weighted by molar-refractivity contribution is 8.25. The maximum atomic E-state index is 12.3. The molecule has 9 heteroatoms. The van der Waals surface area contributed by atoms with Gasteiger partial charge in [0.1, 0.15) is 14.6 Å². The fourth-order valence-corrected chi connectivity index (χ4v) is 6.95. The van der Waals surface area contributed by atoms with Gasteiger partial charge >= 0.3 is 0 Å². The Morgan fingerprint density at radius 1 is 1.22 bits per heavy atom. The van der Waals surface area contributed by atoms with Gasteiger partial charge in [-0.3, -0.25) is 0 Å². The normalized spacial score (nSPS) is 23.1. The Balaban J connectivity index is 2.37. The average Bonchev–Trinajstić information content (AvgIpc) is 2.90. The largest absolute Gasteiger partial charge is 0.496 e. The number of fused-ring (bicyclic) bond motifs is 1. The van der Waals surface area contributed by atoms with Crippen LogP contribution in [0.3, 0.4) is 0 Å². The third kappa shape index (κ3) is 2.74. The molecule has 0 aromatic heterocycles. The Morgan fingerprint density at radius 2 is 1.87 bits per heavy atom. The Labute approximate surface area is 138 Å². The van der Waals surface area contributed by atoms with Gasteiger partial charge in [-0.2, -0.15) is 0 Å². The molecule has 3 rings (SSSR count). The molecule has 0 bridgehead atoms. The SMILES string of the molecule is COC1=C2C(c3ccccc3)=C(S(N)(=O)=O)SC2S(=O)(=O)C=C1. The van der Waals surface area contributed by atoms with E-state index in [0.29, 0.717) is 16.9 Å². The summed E-state index contributed by atoms with van der Waals surface area (Å²) in [7, 11) is -6.33. The van der Waals surface area contributed by atoms with Crippen LogP contribution in [0.15, 0.2) is 57.4 Å². The molecule has 2 aliphatic rings. The monoisotopic (exact) mass is 371 g/mol. The summed E-state index contributed by atoms with van der Waals surface area (Å²) in [5.41, 5.74) is 1.17. The zero-order valence-corrected chi connectivity index (χ0v) is 14.4. The molecule has 2 N–H and O–H groups in total. The van der Waals surface area contributed by atoms with Crippen molar-refractivity contribution in [2.45, 2.75) is 4.58 Å². The van der Waals surface area contributed by atoms with E-state index < -0.39 is 24.4 Å². The van der Waals surface area contributed by atoms with Gasteiger partial charge in [-0.25, -0.2) is 22.0 Å². The Morgan fingerprint density at radius 3 is 2.43 bits per heavy atom. The molecule has 2 aliphatic heterocycles. The predicted octanol–water partition coefficient (Wildman–Crippen LogP) is 1.56. The van der Waals surface area contributed by atoms with E-state index in [2.05, 4.69) is 0 Å². The molecule has 0 amide bonds. The quantitative estimate of drug-likeness (QED) is 0.865. The third-order valence-corrected chi connectivity index (χ3v) is 8.45. The minimum atomic E-state index is -4.08. The summed E-state index contributed by atoms with van der Waals surface area (Å²) in [5.74, 6) is 0.315. The number of hydrogen-bond acceptors (Lipinski definition) is 6. The van der Waals surface area contributed by atoms with E-state index in [9.17, 15) is 16.8 Å². The molecule has 6 nitrogen and oxygen atoms in total.